The number of hydrogen-bond acceptors (Lipinski definition) is 2. The van der Waals surface area contributed by atoms with Crippen LogP contribution in [-0.2, 0) is 11.2 Å². The van der Waals surface area contributed by atoms with E-state index in [2.05, 4.69) is 11.4 Å². The molecule has 2 rings (SSSR count). The Bertz CT molecular complexity index is 528. The third-order valence-corrected chi connectivity index (χ3v) is 4.05. The Labute approximate surface area is 125 Å². The van der Waals surface area contributed by atoms with Gasteiger partial charge in [0.15, 0.2) is 0 Å². The molecule has 1 saturated carbocycles. The molecule has 0 saturated heterocycles. The zero-order valence-corrected chi connectivity index (χ0v) is 12.2. The van der Waals surface area contributed by atoms with E-state index in [0.29, 0.717) is 18.4 Å². The standard InChI is InChI=1S/C17H21FN2O/c18-15-8-6-7-14(11-15)12-16(21)20-17(13-19)9-4-2-1-3-5-10-17/h6-8,11H,1-5,9-10,12H2,(H,20,21). The van der Waals surface area contributed by atoms with Crippen LogP contribution in [-0.4, -0.2) is 11.4 Å². The maximum absolute atomic E-state index is 13.1. The molecule has 0 bridgehead atoms. The van der Waals surface area contributed by atoms with Crippen molar-refractivity contribution in [3.63, 3.8) is 0 Å². The number of benzene rings is 1. The average Bonchev–Trinajstić information content (AvgIpc) is 2.42. The van der Waals surface area contributed by atoms with Gasteiger partial charge in [0.2, 0.25) is 5.91 Å². The van der Waals surface area contributed by atoms with Gasteiger partial charge in [-0.1, -0.05) is 44.2 Å². The Hall–Kier alpha value is -1.89. The summed E-state index contributed by atoms with van der Waals surface area (Å²) in [5, 5.41) is 12.4. The number of nitrogens with one attached hydrogen (secondary N) is 1. The number of nitrogens with zero attached hydrogens (tertiary/aromatic N) is 1. The molecular weight excluding hydrogens is 267 g/mol. The Balaban J connectivity index is 2.00. The fourth-order valence-corrected chi connectivity index (χ4v) is 2.92. The number of hydrogen-bond donors (Lipinski definition) is 1. The van der Waals surface area contributed by atoms with Crippen molar-refractivity contribution in [1.82, 2.24) is 5.32 Å². The Morgan fingerprint density at radius 2 is 1.90 bits per heavy atom. The number of amides is 1. The monoisotopic (exact) mass is 288 g/mol. The van der Waals surface area contributed by atoms with Crippen molar-refractivity contribution in [1.29, 1.82) is 5.26 Å². The van der Waals surface area contributed by atoms with Gasteiger partial charge in [-0.15, -0.1) is 0 Å². The van der Waals surface area contributed by atoms with Crippen molar-refractivity contribution >= 4 is 5.91 Å². The molecule has 0 radical (unpaired) electrons. The highest BCUT2D eigenvalue weighted by Gasteiger charge is 2.31. The zero-order valence-electron chi connectivity index (χ0n) is 12.2. The fraction of sp³-hybridized carbons (Fsp3) is 0.529. The van der Waals surface area contributed by atoms with Gasteiger partial charge in [-0.25, -0.2) is 4.39 Å². The number of rotatable bonds is 3. The molecule has 3 nitrogen and oxygen atoms in total. The second kappa shape index (κ2) is 7.21. The van der Waals surface area contributed by atoms with Gasteiger partial charge >= 0.3 is 0 Å². The van der Waals surface area contributed by atoms with E-state index in [-0.39, 0.29) is 18.1 Å². The molecule has 1 N–H and O–H groups in total. The summed E-state index contributed by atoms with van der Waals surface area (Å²) in [4.78, 5) is 12.2. The molecule has 0 atom stereocenters. The van der Waals surface area contributed by atoms with Crippen molar-refractivity contribution < 1.29 is 9.18 Å². The Morgan fingerprint density at radius 3 is 2.52 bits per heavy atom. The first-order chi connectivity index (χ1) is 10.1. The van der Waals surface area contributed by atoms with Crippen LogP contribution in [0.15, 0.2) is 24.3 Å². The van der Waals surface area contributed by atoms with Crippen LogP contribution in [0.5, 0.6) is 0 Å². The average molecular weight is 288 g/mol. The molecule has 0 spiro atoms. The van der Waals surface area contributed by atoms with Crippen molar-refractivity contribution in [2.75, 3.05) is 0 Å². The van der Waals surface area contributed by atoms with E-state index < -0.39 is 5.54 Å². The topological polar surface area (TPSA) is 52.9 Å². The van der Waals surface area contributed by atoms with Crippen molar-refractivity contribution in [2.45, 2.75) is 56.9 Å². The predicted molar refractivity (Wildman–Crippen MR) is 78.9 cm³/mol. The summed E-state index contributed by atoms with van der Waals surface area (Å²) in [6, 6.07) is 8.33. The van der Waals surface area contributed by atoms with E-state index in [1.165, 1.54) is 18.6 Å². The lowest BCUT2D eigenvalue weighted by atomic mass is 9.85. The SMILES string of the molecule is N#CC1(NC(=O)Cc2cccc(F)c2)CCCCCCC1. The molecule has 0 aliphatic heterocycles. The Morgan fingerprint density at radius 1 is 1.24 bits per heavy atom. The van der Waals surface area contributed by atoms with Crippen LogP contribution in [0.2, 0.25) is 0 Å². The molecule has 1 aromatic carbocycles. The predicted octanol–water partition coefficient (Wildman–Crippen LogP) is 3.49. The highest BCUT2D eigenvalue weighted by Crippen LogP contribution is 2.26. The van der Waals surface area contributed by atoms with Crippen LogP contribution >= 0.6 is 0 Å². The lowest BCUT2D eigenvalue weighted by molar-refractivity contribution is -0.122. The van der Waals surface area contributed by atoms with Crippen LogP contribution in [0.3, 0.4) is 0 Å². The summed E-state index contributed by atoms with van der Waals surface area (Å²) in [7, 11) is 0. The highest BCUT2D eigenvalue weighted by atomic mass is 19.1. The summed E-state index contributed by atoms with van der Waals surface area (Å²) >= 11 is 0. The lowest BCUT2D eigenvalue weighted by Gasteiger charge is -2.29. The number of carbonyl (C=O) groups excluding carboxylic acids is 1. The van der Waals surface area contributed by atoms with E-state index in [9.17, 15) is 14.4 Å². The molecule has 112 valence electrons. The molecular formula is C17H21FN2O. The maximum Gasteiger partial charge on any atom is 0.225 e. The molecule has 1 fully saturated rings. The minimum absolute atomic E-state index is 0.112. The first-order valence-electron chi connectivity index (χ1n) is 7.60. The minimum Gasteiger partial charge on any atom is -0.338 e. The van der Waals surface area contributed by atoms with Crippen molar-refractivity contribution in [3.8, 4) is 6.07 Å². The lowest BCUT2D eigenvalue weighted by Crippen LogP contribution is -2.48. The van der Waals surface area contributed by atoms with Crippen LogP contribution in [0.25, 0.3) is 0 Å². The van der Waals surface area contributed by atoms with E-state index in [0.717, 1.165) is 25.7 Å². The minimum atomic E-state index is -0.745. The fourth-order valence-electron chi connectivity index (χ4n) is 2.92. The number of carbonyl (C=O) groups is 1. The summed E-state index contributed by atoms with van der Waals surface area (Å²) in [5.41, 5.74) is -0.114. The van der Waals surface area contributed by atoms with Crippen LogP contribution in [0, 0.1) is 17.1 Å². The second-order valence-electron chi connectivity index (χ2n) is 5.82. The summed E-state index contributed by atoms with van der Waals surface area (Å²) < 4.78 is 13.1. The van der Waals surface area contributed by atoms with Crippen LogP contribution in [0.4, 0.5) is 4.39 Å². The van der Waals surface area contributed by atoms with Gasteiger partial charge in [0.25, 0.3) is 0 Å². The maximum atomic E-state index is 13.1. The summed E-state index contributed by atoms with van der Waals surface area (Å²) in [6.07, 6.45) is 6.89. The van der Waals surface area contributed by atoms with Crippen LogP contribution in [0.1, 0.15) is 50.5 Å². The van der Waals surface area contributed by atoms with Gasteiger partial charge in [-0.2, -0.15) is 5.26 Å². The van der Waals surface area contributed by atoms with Crippen LogP contribution < -0.4 is 5.32 Å². The quantitative estimate of drug-likeness (QED) is 0.925. The van der Waals surface area contributed by atoms with E-state index >= 15 is 0 Å². The van der Waals surface area contributed by atoms with Gasteiger partial charge in [-0.3, -0.25) is 4.79 Å². The third-order valence-electron chi connectivity index (χ3n) is 4.05. The molecule has 1 aromatic rings. The smallest absolute Gasteiger partial charge is 0.225 e. The normalized spacial score (nSPS) is 18.1. The Kier molecular flexibility index (Phi) is 5.32. The largest absolute Gasteiger partial charge is 0.338 e. The van der Waals surface area contributed by atoms with Gasteiger partial charge in [0, 0.05) is 0 Å². The molecule has 0 heterocycles. The first-order valence-corrected chi connectivity index (χ1v) is 7.60. The van der Waals surface area contributed by atoms with Gasteiger partial charge < -0.3 is 5.32 Å². The highest BCUT2D eigenvalue weighted by molar-refractivity contribution is 5.79. The van der Waals surface area contributed by atoms with Gasteiger partial charge in [-0.05, 0) is 30.5 Å². The van der Waals surface area contributed by atoms with Crippen molar-refractivity contribution in [2.24, 2.45) is 0 Å². The van der Waals surface area contributed by atoms with Gasteiger partial charge in [0.1, 0.15) is 11.4 Å². The van der Waals surface area contributed by atoms with Gasteiger partial charge in [0.05, 0.1) is 12.5 Å². The second-order valence-corrected chi connectivity index (χ2v) is 5.82. The van der Waals surface area contributed by atoms with Crippen molar-refractivity contribution in [3.05, 3.63) is 35.6 Å². The van der Waals surface area contributed by atoms with E-state index in [1.807, 2.05) is 0 Å². The number of halogens is 1. The number of nitriles is 1. The molecule has 0 unspecified atom stereocenters. The molecule has 4 heteroatoms. The summed E-state index contributed by atoms with van der Waals surface area (Å²) in [6.45, 7) is 0. The molecule has 1 aliphatic rings. The third kappa shape index (κ3) is 4.56. The first kappa shape index (κ1) is 15.5. The zero-order chi connectivity index (χ0) is 15.1. The molecule has 21 heavy (non-hydrogen) atoms. The molecule has 1 amide bonds. The van der Waals surface area contributed by atoms with E-state index in [1.54, 1.807) is 12.1 Å². The molecule has 0 aromatic heterocycles. The molecule has 1 aliphatic carbocycles. The summed E-state index contributed by atoms with van der Waals surface area (Å²) in [5.74, 6) is -0.552. The van der Waals surface area contributed by atoms with E-state index in [4.69, 9.17) is 0 Å².